The first-order valence-electron chi connectivity index (χ1n) is 14.6. The lowest BCUT2D eigenvalue weighted by atomic mass is 9.94. The minimum atomic E-state index is -1.07. The number of fused-ring (bicyclic) bond motifs is 1. The van der Waals surface area contributed by atoms with Gasteiger partial charge in [0.1, 0.15) is 19.3 Å². The number of cyclic esters (lactones) is 1. The Morgan fingerprint density at radius 3 is 2.13 bits per heavy atom. The average Bonchev–Trinajstić information content (AvgIpc) is 3.55. The van der Waals surface area contributed by atoms with Crippen LogP contribution in [-0.4, -0.2) is 52.7 Å². The van der Waals surface area contributed by atoms with Crippen molar-refractivity contribution in [1.29, 1.82) is 0 Å². The lowest BCUT2D eigenvalue weighted by Crippen LogP contribution is -2.43. The number of ether oxygens (including phenoxy) is 2. The van der Waals surface area contributed by atoms with Crippen molar-refractivity contribution >= 4 is 29.8 Å². The highest BCUT2D eigenvalue weighted by Gasteiger charge is 2.45. The Kier molecular flexibility index (Phi) is 8.00. The first kappa shape index (κ1) is 29.5. The zero-order valence-corrected chi connectivity index (χ0v) is 24.8. The Bertz CT molecular complexity index is 1780. The first-order valence-corrected chi connectivity index (χ1v) is 14.6. The molecule has 2 heterocycles. The van der Waals surface area contributed by atoms with Crippen LogP contribution in [0.5, 0.6) is 0 Å². The number of hydrogen-bond donors (Lipinski definition) is 0. The largest absolute Gasteiger partial charge is 0.457 e. The Morgan fingerprint density at radius 1 is 0.844 bits per heavy atom. The number of imide groups is 2. The van der Waals surface area contributed by atoms with Crippen LogP contribution in [-0.2, 0) is 20.9 Å². The third kappa shape index (κ3) is 5.72. The summed E-state index contributed by atoms with van der Waals surface area (Å²) < 4.78 is 10.8. The van der Waals surface area contributed by atoms with Crippen LogP contribution < -0.4 is 0 Å². The third-order valence-corrected chi connectivity index (χ3v) is 8.19. The molecule has 4 amide bonds. The van der Waals surface area contributed by atoms with E-state index < -0.39 is 41.7 Å². The van der Waals surface area contributed by atoms with Crippen molar-refractivity contribution in [2.24, 2.45) is 0 Å². The molecule has 0 bridgehead atoms. The number of hydrogen-bond acceptors (Lipinski definition) is 7. The topological polar surface area (TPSA) is 110 Å². The molecule has 0 spiro atoms. The Labute approximate surface area is 260 Å². The van der Waals surface area contributed by atoms with Crippen molar-refractivity contribution < 1.29 is 33.4 Å². The van der Waals surface area contributed by atoms with E-state index in [1.54, 1.807) is 66.7 Å². The van der Waals surface area contributed by atoms with Gasteiger partial charge in [0, 0.05) is 6.54 Å². The number of amides is 4. The molecular weight excluding hydrogens is 572 g/mol. The molecule has 1 saturated heterocycles. The molecule has 0 unspecified atom stereocenters. The highest BCUT2D eigenvalue weighted by atomic mass is 16.6. The van der Waals surface area contributed by atoms with E-state index in [0.717, 1.165) is 26.5 Å². The van der Waals surface area contributed by atoms with Crippen LogP contribution in [0.25, 0.3) is 0 Å². The second-order valence-electron chi connectivity index (χ2n) is 11.2. The highest BCUT2D eigenvalue weighted by molar-refractivity contribution is 6.21. The van der Waals surface area contributed by atoms with E-state index in [2.05, 4.69) is 0 Å². The molecule has 0 aliphatic carbocycles. The van der Waals surface area contributed by atoms with Gasteiger partial charge in [0.05, 0.1) is 22.6 Å². The number of rotatable bonds is 8. The molecule has 2 atom stereocenters. The molecule has 2 aliphatic heterocycles. The molecule has 1 fully saturated rings. The summed E-state index contributed by atoms with van der Waals surface area (Å²) in [5, 5.41) is 0. The standard InChI is InChI=1S/C36H30N2O7/c1-22-12-17-27(23(2)18-22)35(42)44-20-24-13-15-25(16-14-24)30(19-37-32(39)28-10-6-7-11-29(28)33(37)40)34(41)38-31(21-45-36(38)43)26-8-4-3-5-9-26/h3-18,30-31H,19-21H2,1-2H3/t30-,31+/m1/s1. The smallest absolute Gasteiger partial charge is 0.417 e. The summed E-state index contributed by atoms with van der Waals surface area (Å²) in [5.74, 6) is -3.14. The van der Waals surface area contributed by atoms with Crippen molar-refractivity contribution in [2.45, 2.75) is 32.4 Å². The molecule has 0 N–H and O–H groups in total. The summed E-state index contributed by atoms with van der Waals surface area (Å²) in [6.07, 6.45) is -0.795. The van der Waals surface area contributed by atoms with Crippen LogP contribution in [0.4, 0.5) is 4.79 Å². The lowest BCUT2D eigenvalue weighted by Gasteiger charge is -2.28. The van der Waals surface area contributed by atoms with E-state index in [9.17, 15) is 24.0 Å². The van der Waals surface area contributed by atoms with E-state index in [1.807, 2.05) is 44.2 Å². The van der Waals surface area contributed by atoms with E-state index >= 15 is 0 Å². The first-order chi connectivity index (χ1) is 21.7. The van der Waals surface area contributed by atoms with Gasteiger partial charge in [0.2, 0.25) is 5.91 Å². The molecule has 2 aliphatic rings. The van der Waals surface area contributed by atoms with Gasteiger partial charge in [-0.3, -0.25) is 19.3 Å². The number of carbonyl (C=O) groups is 5. The predicted molar refractivity (Wildman–Crippen MR) is 163 cm³/mol. The molecular formula is C36H30N2O7. The zero-order chi connectivity index (χ0) is 31.7. The van der Waals surface area contributed by atoms with Gasteiger partial charge in [-0.25, -0.2) is 14.5 Å². The molecule has 4 aromatic rings. The van der Waals surface area contributed by atoms with E-state index in [-0.39, 0.29) is 30.9 Å². The van der Waals surface area contributed by atoms with Crippen LogP contribution in [0.3, 0.4) is 0 Å². The SMILES string of the molecule is Cc1ccc(C(=O)OCc2ccc([C@@H](CN3C(=O)c4ccccc4C3=O)C(=O)N3C(=O)OC[C@H]3c3ccccc3)cc2)c(C)c1. The van der Waals surface area contributed by atoms with Gasteiger partial charge in [-0.05, 0) is 54.3 Å². The van der Waals surface area contributed by atoms with Crippen molar-refractivity contribution in [3.63, 3.8) is 0 Å². The molecule has 9 heteroatoms. The number of aryl methyl sites for hydroxylation is 2. The minimum absolute atomic E-state index is 0.00200. The van der Waals surface area contributed by atoms with E-state index in [1.165, 1.54) is 0 Å². The fourth-order valence-electron chi connectivity index (χ4n) is 5.78. The number of carbonyl (C=O) groups excluding carboxylic acids is 5. The van der Waals surface area contributed by atoms with Crippen molar-refractivity contribution in [3.05, 3.63) is 142 Å². The van der Waals surface area contributed by atoms with Gasteiger partial charge in [0.15, 0.2) is 0 Å². The van der Waals surface area contributed by atoms with Gasteiger partial charge < -0.3 is 9.47 Å². The fourth-order valence-corrected chi connectivity index (χ4v) is 5.78. The number of nitrogens with zero attached hydrogens (tertiary/aromatic N) is 2. The number of esters is 1. The second kappa shape index (κ2) is 12.2. The molecule has 9 nitrogen and oxygen atoms in total. The average molecular weight is 603 g/mol. The maximum absolute atomic E-state index is 14.2. The van der Waals surface area contributed by atoms with E-state index in [4.69, 9.17) is 9.47 Å². The Hall–Kier alpha value is -5.57. The molecule has 0 aromatic heterocycles. The van der Waals surface area contributed by atoms with Crippen LogP contribution in [0.1, 0.15) is 70.9 Å². The molecule has 0 radical (unpaired) electrons. The van der Waals surface area contributed by atoms with Crippen molar-refractivity contribution in [3.8, 4) is 0 Å². The van der Waals surface area contributed by atoms with Gasteiger partial charge in [0.25, 0.3) is 11.8 Å². The molecule has 4 aromatic carbocycles. The lowest BCUT2D eigenvalue weighted by molar-refractivity contribution is -0.131. The van der Waals surface area contributed by atoms with Crippen LogP contribution in [0, 0.1) is 13.8 Å². The quantitative estimate of drug-likeness (QED) is 0.186. The summed E-state index contributed by atoms with van der Waals surface area (Å²) in [4.78, 5) is 68.5. The van der Waals surface area contributed by atoms with Crippen LogP contribution in [0.15, 0.2) is 97.1 Å². The monoisotopic (exact) mass is 602 g/mol. The molecule has 6 rings (SSSR count). The van der Waals surface area contributed by atoms with Gasteiger partial charge in [-0.1, -0.05) is 84.4 Å². The number of benzene rings is 4. The third-order valence-electron chi connectivity index (χ3n) is 8.19. The molecule has 226 valence electrons. The van der Waals surface area contributed by atoms with Gasteiger partial charge in [-0.15, -0.1) is 0 Å². The van der Waals surface area contributed by atoms with Crippen molar-refractivity contribution in [1.82, 2.24) is 9.80 Å². The Balaban J connectivity index is 1.27. The summed E-state index contributed by atoms with van der Waals surface area (Å²) in [6, 6.07) is 27.2. The normalized spacial score (nSPS) is 16.4. The second-order valence-corrected chi connectivity index (χ2v) is 11.2. The fraction of sp³-hybridized carbons (Fsp3) is 0.194. The molecule has 45 heavy (non-hydrogen) atoms. The maximum Gasteiger partial charge on any atom is 0.417 e. The summed E-state index contributed by atoms with van der Waals surface area (Å²) >= 11 is 0. The highest BCUT2D eigenvalue weighted by Crippen LogP contribution is 2.34. The molecule has 0 saturated carbocycles. The van der Waals surface area contributed by atoms with Crippen LogP contribution in [0.2, 0.25) is 0 Å². The minimum Gasteiger partial charge on any atom is -0.457 e. The zero-order valence-electron chi connectivity index (χ0n) is 24.8. The summed E-state index contributed by atoms with van der Waals surface area (Å²) in [5.41, 5.74) is 4.74. The van der Waals surface area contributed by atoms with E-state index in [0.29, 0.717) is 16.7 Å². The predicted octanol–water partition coefficient (Wildman–Crippen LogP) is 5.76. The Morgan fingerprint density at radius 2 is 1.49 bits per heavy atom. The summed E-state index contributed by atoms with van der Waals surface area (Å²) in [6.45, 7) is 3.50. The van der Waals surface area contributed by atoms with Crippen molar-refractivity contribution in [2.75, 3.05) is 13.2 Å². The van der Waals surface area contributed by atoms with Crippen LogP contribution >= 0.6 is 0 Å². The van der Waals surface area contributed by atoms with Gasteiger partial charge >= 0.3 is 12.1 Å². The van der Waals surface area contributed by atoms with Gasteiger partial charge in [-0.2, -0.15) is 0 Å². The summed E-state index contributed by atoms with van der Waals surface area (Å²) in [7, 11) is 0. The maximum atomic E-state index is 14.2.